The van der Waals surface area contributed by atoms with Crippen LogP contribution in [0.3, 0.4) is 0 Å². The van der Waals surface area contributed by atoms with Gasteiger partial charge in [0.15, 0.2) is 0 Å². The van der Waals surface area contributed by atoms with Crippen LogP contribution in [-0.2, 0) is 0 Å². The second kappa shape index (κ2) is 4.82. The molecule has 0 spiro atoms. The first-order valence-electron chi connectivity index (χ1n) is 5.53. The minimum absolute atomic E-state index is 0.116. The number of nitrogens with zero attached hydrogens (tertiary/aromatic N) is 1. The number of aromatic amines is 1. The number of hydrogen-bond donors (Lipinski definition) is 2. The SMILES string of the molecule is Cc1ccccc1C(C)Nc1cc(=O)[nH]cn1. The molecule has 1 atom stereocenters. The van der Waals surface area contributed by atoms with Crippen LogP contribution in [0.25, 0.3) is 0 Å². The monoisotopic (exact) mass is 229 g/mol. The van der Waals surface area contributed by atoms with Crippen LogP contribution in [0.15, 0.2) is 41.5 Å². The Hall–Kier alpha value is -2.10. The van der Waals surface area contributed by atoms with Crippen molar-refractivity contribution in [3.63, 3.8) is 0 Å². The van der Waals surface area contributed by atoms with E-state index in [0.29, 0.717) is 5.82 Å². The van der Waals surface area contributed by atoms with Crippen molar-refractivity contribution in [1.82, 2.24) is 9.97 Å². The number of anilines is 1. The van der Waals surface area contributed by atoms with Gasteiger partial charge < -0.3 is 10.3 Å². The first-order valence-corrected chi connectivity index (χ1v) is 5.53. The van der Waals surface area contributed by atoms with Crippen molar-refractivity contribution in [2.45, 2.75) is 19.9 Å². The summed E-state index contributed by atoms with van der Waals surface area (Å²) in [5.41, 5.74) is 2.27. The largest absolute Gasteiger partial charge is 0.363 e. The van der Waals surface area contributed by atoms with Gasteiger partial charge in [-0.05, 0) is 25.0 Å². The maximum Gasteiger partial charge on any atom is 0.252 e. The third-order valence-electron chi connectivity index (χ3n) is 2.70. The second-order valence-electron chi connectivity index (χ2n) is 4.02. The quantitative estimate of drug-likeness (QED) is 0.848. The van der Waals surface area contributed by atoms with Crippen molar-refractivity contribution in [3.8, 4) is 0 Å². The summed E-state index contributed by atoms with van der Waals surface area (Å²) in [6, 6.07) is 9.72. The fourth-order valence-corrected chi connectivity index (χ4v) is 1.82. The number of aryl methyl sites for hydroxylation is 1. The Morgan fingerprint density at radius 1 is 1.35 bits per heavy atom. The Balaban J connectivity index is 2.20. The lowest BCUT2D eigenvalue weighted by atomic mass is 10.0. The molecule has 0 bridgehead atoms. The van der Waals surface area contributed by atoms with E-state index in [2.05, 4.69) is 34.3 Å². The van der Waals surface area contributed by atoms with Crippen molar-refractivity contribution in [1.29, 1.82) is 0 Å². The fraction of sp³-hybridized carbons (Fsp3) is 0.231. The minimum atomic E-state index is -0.153. The molecule has 0 aliphatic carbocycles. The Morgan fingerprint density at radius 2 is 2.12 bits per heavy atom. The van der Waals surface area contributed by atoms with Gasteiger partial charge in [0.25, 0.3) is 5.56 Å². The standard InChI is InChI=1S/C13H15N3O/c1-9-5-3-4-6-11(9)10(2)16-12-7-13(17)15-8-14-12/h3-8,10H,1-2H3,(H2,14,15,16,17). The van der Waals surface area contributed by atoms with Gasteiger partial charge in [0, 0.05) is 6.07 Å². The third-order valence-corrected chi connectivity index (χ3v) is 2.70. The van der Waals surface area contributed by atoms with Gasteiger partial charge in [0.1, 0.15) is 5.82 Å². The topological polar surface area (TPSA) is 57.8 Å². The van der Waals surface area contributed by atoms with E-state index < -0.39 is 0 Å². The smallest absolute Gasteiger partial charge is 0.252 e. The lowest BCUT2D eigenvalue weighted by Gasteiger charge is -2.16. The zero-order valence-corrected chi connectivity index (χ0v) is 9.90. The highest BCUT2D eigenvalue weighted by Gasteiger charge is 2.08. The molecule has 4 nitrogen and oxygen atoms in total. The molecule has 4 heteroatoms. The summed E-state index contributed by atoms with van der Waals surface area (Å²) in [5.74, 6) is 0.588. The van der Waals surface area contributed by atoms with Gasteiger partial charge in [0.2, 0.25) is 0 Å². The van der Waals surface area contributed by atoms with Crippen molar-refractivity contribution < 1.29 is 0 Å². The maximum atomic E-state index is 11.1. The Kier molecular flexibility index (Phi) is 3.23. The van der Waals surface area contributed by atoms with E-state index in [0.717, 1.165) is 0 Å². The maximum absolute atomic E-state index is 11.1. The molecule has 0 aliphatic rings. The molecule has 1 heterocycles. The zero-order chi connectivity index (χ0) is 12.3. The van der Waals surface area contributed by atoms with Gasteiger partial charge in [-0.15, -0.1) is 0 Å². The average Bonchev–Trinajstić information content (AvgIpc) is 2.29. The summed E-state index contributed by atoms with van der Waals surface area (Å²) in [7, 11) is 0. The van der Waals surface area contributed by atoms with Crippen LogP contribution < -0.4 is 10.9 Å². The normalized spacial score (nSPS) is 12.1. The summed E-state index contributed by atoms with van der Waals surface area (Å²) in [6.07, 6.45) is 1.40. The van der Waals surface area contributed by atoms with Crippen molar-refractivity contribution in [3.05, 3.63) is 58.1 Å². The van der Waals surface area contributed by atoms with Crippen LogP contribution in [0, 0.1) is 6.92 Å². The lowest BCUT2D eigenvalue weighted by Crippen LogP contribution is -2.13. The van der Waals surface area contributed by atoms with E-state index in [9.17, 15) is 4.79 Å². The highest BCUT2D eigenvalue weighted by atomic mass is 16.1. The number of nitrogens with one attached hydrogen (secondary N) is 2. The minimum Gasteiger partial charge on any atom is -0.363 e. The van der Waals surface area contributed by atoms with Gasteiger partial charge in [-0.25, -0.2) is 4.98 Å². The van der Waals surface area contributed by atoms with E-state index in [1.807, 2.05) is 19.1 Å². The second-order valence-corrected chi connectivity index (χ2v) is 4.02. The van der Waals surface area contributed by atoms with Gasteiger partial charge in [0.05, 0.1) is 12.4 Å². The predicted octanol–water partition coefficient (Wildman–Crippen LogP) is 2.25. The summed E-state index contributed by atoms with van der Waals surface area (Å²) < 4.78 is 0. The highest BCUT2D eigenvalue weighted by Crippen LogP contribution is 2.19. The predicted molar refractivity (Wildman–Crippen MR) is 68.1 cm³/mol. The Labute approximate surface area is 99.7 Å². The molecule has 1 aromatic carbocycles. The fourth-order valence-electron chi connectivity index (χ4n) is 1.82. The Morgan fingerprint density at radius 3 is 2.82 bits per heavy atom. The number of H-pyrrole nitrogens is 1. The molecule has 0 saturated heterocycles. The molecule has 17 heavy (non-hydrogen) atoms. The van der Waals surface area contributed by atoms with E-state index >= 15 is 0 Å². The van der Waals surface area contributed by atoms with E-state index in [1.165, 1.54) is 23.5 Å². The van der Waals surface area contributed by atoms with Gasteiger partial charge in [-0.3, -0.25) is 4.79 Å². The summed E-state index contributed by atoms with van der Waals surface area (Å²) in [5, 5.41) is 3.21. The lowest BCUT2D eigenvalue weighted by molar-refractivity contribution is 0.861. The molecule has 2 N–H and O–H groups in total. The summed E-state index contributed by atoms with van der Waals surface area (Å²) in [4.78, 5) is 17.7. The van der Waals surface area contributed by atoms with Crippen LogP contribution in [0.1, 0.15) is 24.1 Å². The van der Waals surface area contributed by atoms with Gasteiger partial charge in [-0.2, -0.15) is 0 Å². The van der Waals surface area contributed by atoms with Crippen LogP contribution in [-0.4, -0.2) is 9.97 Å². The summed E-state index contributed by atoms with van der Waals surface area (Å²) >= 11 is 0. The molecule has 0 aliphatic heterocycles. The molecule has 0 radical (unpaired) electrons. The first kappa shape index (κ1) is 11.4. The van der Waals surface area contributed by atoms with Crippen LogP contribution in [0.5, 0.6) is 0 Å². The molecule has 0 fully saturated rings. The molecular formula is C13H15N3O. The van der Waals surface area contributed by atoms with Gasteiger partial charge >= 0.3 is 0 Å². The van der Waals surface area contributed by atoms with Crippen molar-refractivity contribution in [2.75, 3.05) is 5.32 Å². The first-order chi connectivity index (χ1) is 8.16. The van der Waals surface area contributed by atoms with E-state index in [-0.39, 0.29) is 11.6 Å². The summed E-state index contributed by atoms with van der Waals surface area (Å²) in [6.45, 7) is 4.12. The molecule has 2 rings (SSSR count). The Bertz CT molecular complexity index is 562. The number of rotatable bonds is 3. The molecular weight excluding hydrogens is 214 g/mol. The molecule has 1 unspecified atom stereocenters. The van der Waals surface area contributed by atoms with E-state index in [1.54, 1.807) is 0 Å². The van der Waals surface area contributed by atoms with Crippen molar-refractivity contribution >= 4 is 5.82 Å². The van der Waals surface area contributed by atoms with Crippen LogP contribution >= 0.6 is 0 Å². The third kappa shape index (κ3) is 2.72. The zero-order valence-electron chi connectivity index (χ0n) is 9.90. The number of aromatic nitrogens is 2. The molecule has 88 valence electrons. The number of hydrogen-bond acceptors (Lipinski definition) is 3. The van der Waals surface area contributed by atoms with E-state index in [4.69, 9.17) is 0 Å². The van der Waals surface area contributed by atoms with Crippen molar-refractivity contribution in [2.24, 2.45) is 0 Å². The van der Waals surface area contributed by atoms with Gasteiger partial charge in [-0.1, -0.05) is 24.3 Å². The number of benzene rings is 1. The molecule has 0 amide bonds. The van der Waals surface area contributed by atoms with Crippen LogP contribution in [0.2, 0.25) is 0 Å². The molecule has 1 aromatic heterocycles. The molecule has 0 saturated carbocycles. The highest BCUT2D eigenvalue weighted by molar-refractivity contribution is 5.38. The average molecular weight is 229 g/mol. The van der Waals surface area contributed by atoms with Crippen LogP contribution in [0.4, 0.5) is 5.82 Å². The molecule has 2 aromatic rings.